The Morgan fingerprint density at radius 2 is 2.03 bits per heavy atom. The number of nitrogens with one attached hydrogen (secondary N) is 1. The summed E-state index contributed by atoms with van der Waals surface area (Å²) >= 11 is 0. The second-order valence-corrected chi connectivity index (χ2v) is 9.30. The molecule has 170 valence electrons. The number of fused-ring (bicyclic) bond motifs is 1. The van der Waals surface area contributed by atoms with Crippen molar-refractivity contribution in [3.63, 3.8) is 0 Å². The third kappa shape index (κ3) is 4.03. The van der Waals surface area contributed by atoms with Crippen molar-refractivity contribution in [2.24, 2.45) is 5.92 Å². The molecule has 1 saturated heterocycles. The van der Waals surface area contributed by atoms with Crippen molar-refractivity contribution < 1.29 is 4.74 Å². The van der Waals surface area contributed by atoms with Crippen molar-refractivity contribution in [1.82, 2.24) is 30.1 Å². The van der Waals surface area contributed by atoms with Gasteiger partial charge in [0.05, 0.1) is 12.6 Å². The highest BCUT2D eigenvalue weighted by molar-refractivity contribution is 5.80. The number of likely N-dealkylation sites (tertiary alicyclic amines) is 1. The Morgan fingerprint density at radius 1 is 1.19 bits per heavy atom. The molecule has 1 aliphatic carbocycles. The first kappa shape index (κ1) is 21.1. The average Bonchev–Trinajstić information content (AvgIpc) is 3.47. The largest absolute Gasteiger partial charge is 0.494 e. The summed E-state index contributed by atoms with van der Waals surface area (Å²) in [5.41, 5.74) is 1.43. The summed E-state index contributed by atoms with van der Waals surface area (Å²) in [7, 11) is 0. The van der Waals surface area contributed by atoms with E-state index in [0.29, 0.717) is 24.1 Å². The molecular formula is C24H32N6O2. The number of H-pyrrole nitrogens is 1. The Balaban J connectivity index is 1.63. The van der Waals surface area contributed by atoms with E-state index in [2.05, 4.69) is 32.3 Å². The molecule has 8 nitrogen and oxygen atoms in total. The third-order valence-corrected chi connectivity index (χ3v) is 6.94. The molecule has 2 fully saturated rings. The van der Waals surface area contributed by atoms with Gasteiger partial charge < -0.3 is 9.72 Å². The first-order chi connectivity index (χ1) is 15.6. The number of aromatic nitrogens is 5. The fourth-order valence-corrected chi connectivity index (χ4v) is 5.41. The SMILES string of the molecule is CCOc1ccc2[nH]c(=O)c([C@H](c3nnnn3C3CCCC3)N3CCC[C@H](C)C3)cc2c1. The van der Waals surface area contributed by atoms with E-state index in [0.717, 1.165) is 54.8 Å². The van der Waals surface area contributed by atoms with Crippen LogP contribution in [-0.2, 0) is 0 Å². The minimum atomic E-state index is -0.266. The lowest BCUT2D eigenvalue weighted by Crippen LogP contribution is -2.41. The Hall–Kier alpha value is -2.74. The van der Waals surface area contributed by atoms with Crippen molar-refractivity contribution >= 4 is 10.9 Å². The van der Waals surface area contributed by atoms with Gasteiger partial charge >= 0.3 is 0 Å². The van der Waals surface area contributed by atoms with E-state index in [1.165, 1.54) is 19.3 Å². The Kier molecular flexibility index (Phi) is 5.95. The topological polar surface area (TPSA) is 88.9 Å². The third-order valence-electron chi connectivity index (χ3n) is 6.94. The highest BCUT2D eigenvalue weighted by Crippen LogP contribution is 2.35. The van der Waals surface area contributed by atoms with Gasteiger partial charge in [0.2, 0.25) is 0 Å². The molecule has 0 amide bonds. The van der Waals surface area contributed by atoms with Crippen LogP contribution < -0.4 is 10.3 Å². The average molecular weight is 437 g/mol. The zero-order chi connectivity index (χ0) is 22.1. The van der Waals surface area contributed by atoms with Gasteiger partial charge in [0, 0.05) is 23.0 Å². The molecule has 0 spiro atoms. The molecule has 1 aliphatic heterocycles. The highest BCUT2D eigenvalue weighted by Gasteiger charge is 2.34. The molecule has 2 aromatic heterocycles. The molecule has 2 aliphatic rings. The number of tetrazole rings is 1. The number of rotatable bonds is 6. The van der Waals surface area contributed by atoms with Gasteiger partial charge in [-0.3, -0.25) is 9.69 Å². The van der Waals surface area contributed by atoms with Crippen LogP contribution in [0.2, 0.25) is 0 Å². The van der Waals surface area contributed by atoms with Gasteiger partial charge in [-0.05, 0) is 79.8 Å². The van der Waals surface area contributed by atoms with Crippen LogP contribution in [0, 0.1) is 5.92 Å². The monoisotopic (exact) mass is 436 g/mol. The van der Waals surface area contributed by atoms with Crippen molar-refractivity contribution in [2.45, 2.75) is 64.5 Å². The zero-order valence-electron chi connectivity index (χ0n) is 19.0. The summed E-state index contributed by atoms with van der Waals surface area (Å²) in [5, 5.41) is 13.9. The van der Waals surface area contributed by atoms with Crippen LogP contribution in [-0.4, -0.2) is 49.8 Å². The molecule has 5 rings (SSSR count). The number of ether oxygens (including phenoxy) is 1. The molecule has 32 heavy (non-hydrogen) atoms. The van der Waals surface area contributed by atoms with E-state index in [1.54, 1.807) is 0 Å². The van der Waals surface area contributed by atoms with E-state index in [1.807, 2.05) is 35.9 Å². The summed E-state index contributed by atoms with van der Waals surface area (Å²) < 4.78 is 7.69. The fraction of sp³-hybridized carbons (Fsp3) is 0.583. The summed E-state index contributed by atoms with van der Waals surface area (Å²) in [6.45, 7) is 6.72. The Labute approximate surface area is 188 Å². The van der Waals surface area contributed by atoms with Crippen LogP contribution in [0.3, 0.4) is 0 Å². The molecule has 0 radical (unpaired) electrons. The molecule has 1 N–H and O–H groups in total. The predicted molar refractivity (Wildman–Crippen MR) is 123 cm³/mol. The van der Waals surface area contributed by atoms with E-state index < -0.39 is 0 Å². The van der Waals surface area contributed by atoms with E-state index in [9.17, 15) is 4.79 Å². The van der Waals surface area contributed by atoms with Gasteiger partial charge in [0.15, 0.2) is 5.82 Å². The molecule has 8 heteroatoms. The van der Waals surface area contributed by atoms with Crippen LogP contribution in [0.1, 0.15) is 75.8 Å². The Bertz CT molecular complexity index is 1130. The number of piperidine rings is 1. The number of aromatic amines is 1. The van der Waals surface area contributed by atoms with Gasteiger partial charge in [-0.2, -0.15) is 0 Å². The van der Waals surface area contributed by atoms with Crippen LogP contribution in [0.5, 0.6) is 5.75 Å². The lowest BCUT2D eigenvalue weighted by Gasteiger charge is -2.36. The lowest BCUT2D eigenvalue weighted by atomic mass is 9.95. The van der Waals surface area contributed by atoms with E-state index >= 15 is 0 Å². The van der Waals surface area contributed by atoms with Crippen LogP contribution >= 0.6 is 0 Å². The fourth-order valence-electron chi connectivity index (χ4n) is 5.41. The van der Waals surface area contributed by atoms with Crippen LogP contribution in [0.4, 0.5) is 0 Å². The maximum atomic E-state index is 13.3. The molecule has 0 unspecified atom stereocenters. The molecule has 2 atom stereocenters. The van der Waals surface area contributed by atoms with Gasteiger partial charge in [-0.15, -0.1) is 5.10 Å². The number of benzene rings is 1. The van der Waals surface area contributed by atoms with Gasteiger partial charge in [-0.25, -0.2) is 4.68 Å². The van der Waals surface area contributed by atoms with E-state index in [-0.39, 0.29) is 11.6 Å². The highest BCUT2D eigenvalue weighted by atomic mass is 16.5. The first-order valence-electron chi connectivity index (χ1n) is 12.0. The second-order valence-electron chi connectivity index (χ2n) is 9.30. The van der Waals surface area contributed by atoms with Gasteiger partial charge in [0.1, 0.15) is 11.8 Å². The normalized spacial score (nSPS) is 21.2. The van der Waals surface area contributed by atoms with Crippen molar-refractivity contribution in [1.29, 1.82) is 0 Å². The number of nitrogens with zero attached hydrogens (tertiary/aromatic N) is 5. The molecule has 0 bridgehead atoms. The minimum Gasteiger partial charge on any atom is -0.494 e. The molecular weight excluding hydrogens is 404 g/mol. The zero-order valence-corrected chi connectivity index (χ0v) is 19.0. The molecule has 3 heterocycles. The van der Waals surface area contributed by atoms with Gasteiger partial charge in [-0.1, -0.05) is 19.8 Å². The quantitative estimate of drug-likeness (QED) is 0.631. The molecule has 1 saturated carbocycles. The maximum Gasteiger partial charge on any atom is 0.253 e. The summed E-state index contributed by atoms with van der Waals surface area (Å²) in [4.78, 5) is 18.8. The van der Waals surface area contributed by atoms with Crippen molar-refractivity contribution in [3.8, 4) is 5.75 Å². The minimum absolute atomic E-state index is 0.0779. The van der Waals surface area contributed by atoms with E-state index in [4.69, 9.17) is 4.74 Å². The van der Waals surface area contributed by atoms with Crippen molar-refractivity contribution in [2.75, 3.05) is 19.7 Å². The number of hydrogen-bond donors (Lipinski definition) is 1. The lowest BCUT2D eigenvalue weighted by molar-refractivity contribution is 0.139. The molecule has 3 aromatic rings. The summed E-state index contributed by atoms with van der Waals surface area (Å²) in [6, 6.07) is 7.85. The van der Waals surface area contributed by atoms with Crippen LogP contribution in [0.25, 0.3) is 10.9 Å². The standard InChI is InChI=1S/C24H32N6O2/c1-3-32-19-10-11-21-17(13-19)14-20(24(31)25-21)22(29-12-6-7-16(2)15-29)23-26-27-28-30(23)18-8-4-5-9-18/h10-11,13-14,16,18,22H,3-9,12,15H2,1-2H3,(H,25,31)/t16-,22+/m0/s1. The first-order valence-corrected chi connectivity index (χ1v) is 12.0. The Morgan fingerprint density at radius 3 is 2.81 bits per heavy atom. The molecule has 1 aromatic carbocycles. The van der Waals surface area contributed by atoms with Gasteiger partial charge in [0.25, 0.3) is 5.56 Å². The summed E-state index contributed by atoms with van der Waals surface area (Å²) in [6.07, 6.45) is 6.91. The maximum absolute atomic E-state index is 13.3. The summed E-state index contributed by atoms with van der Waals surface area (Å²) in [5.74, 6) is 2.17. The number of pyridine rings is 1. The second kappa shape index (κ2) is 9.02. The number of hydrogen-bond acceptors (Lipinski definition) is 6. The van der Waals surface area contributed by atoms with Crippen LogP contribution in [0.15, 0.2) is 29.1 Å². The van der Waals surface area contributed by atoms with Crippen molar-refractivity contribution in [3.05, 3.63) is 46.0 Å². The smallest absolute Gasteiger partial charge is 0.253 e. The predicted octanol–water partition coefficient (Wildman–Crippen LogP) is 3.85.